The third-order valence-corrected chi connectivity index (χ3v) is 3.50. The fourth-order valence-electron chi connectivity index (χ4n) is 1.27. The van der Waals surface area contributed by atoms with Crippen molar-refractivity contribution < 1.29 is 4.79 Å². The largest absolute Gasteiger partial charge is 0.291 e. The van der Waals surface area contributed by atoms with Crippen molar-refractivity contribution in [2.24, 2.45) is 12.1 Å². The Balaban J connectivity index is 2.03. The first-order valence-electron chi connectivity index (χ1n) is 4.84. The van der Waals surface area contributed by atoms with E-state index in [2.05, 4.69) is 15.6 Å². The van der Waals surface area contributed by atoms with E-state index in [1.54, 1.807) is 19.2 Å². The van der Waals surface area contributed by atoms with Gasteiger partial charge in [-0.25, -0.2) is 5.43 Å². The van der Waals surface area contributed by atoms with E-state index in [0.29, 0.717) is 4.34 Å². The molecule has 0 aromatic carbocycles. The van der Waals surface area contributed by atoms with Gasteiger partial charge in [0.05, 0.1) is 21.8 Å². The molecular formula is C10H8Cl2N4OS. The molecule has 94 valence electrons. The van der Waals surface area contributed by atoms with Crippen LogP contribution in [0.3, 0.4) is 0 Å². The number of hydrogen-bond acceptors (Lipinski definition) is 4. The van der Waals surface area contributed by atoms with E-state index in [1.165, 1.54) is 28.4 Å². The zero-order valence-electron chi connectivity index (χ0n) is 9.22. The van der Waals surface area contributed by atoms with Gasteiger partial charge in [0.2, 0.25) is 0 Å². The Labute approximate surface area is 117 Å². The Morgan fingerprint density at radius 2 is 2.33 bits per heavy atom. The molecule has 2 aromatic rings. The molecule has 0 aliphatic heterocycles. The number of rotatable bonds is 3. The molecule has 0 atom stereocenters. The number of aromatic nitrogens is 2. The Hall–Kier alpha value is -1.37. The van der Waals surface area contributed by atoms with Crippen LogP contribution in [-0.4, -0.2) is 21.9 Å². The summed E-state index contributed by atoms with van der Waals surface area (Å²) in [7, 11) is 1.63. The van der Waals surface area contributed by atoms with Crippen LogP contribution in [0.2, 0.25) is 9.36 Å². The van der Waals surface area contributed by atoms with Crippen molar-refractivity contribution in [3.63, 3.8) is 0 Å². The minimum absolute atomic E-state index is 0.262. The summed E-state index contributed by atoms with van der Waals surface area (Å²) in [6.07, 6.45) is 2.91. The van der Waals surface area contributed by atoms with Gasteiger partial charge in [0.25, 0.3) is 5.91 Å². The summed E-state index contributed by atoms with van der Waals surface area (Å²) in [5, 5.41) is 7.97. The summed E-state index contributed by atoms with van der Waals surface area (Å²) in [5.41, 5.74) is 2.64. The summed E-state index contributed by atoms with van der Waals surface area (Å²) < 4.78 is 2.05. The SMILES string of the molecule is Cn1ncc(Cl)c1C(=O)N/N=C\c1ccc(Cl)s1. The molecule has 2 heterocycles. The van der Waals surface area contributed by atoms with E-state index in [-0.39, 0.29) is 10.7 Å². The standard InChI is InChI=1S/C10H8Cl2N4OS/c1-16-9(7(11)5-14-16)10(17)15-13-4-6-2-3-8(12)18-6/h2-5H,1H3,(H,15,17)/b13-4-. The van der Waals surface area contributed by atoms with Crippen molar-refractivity contribution in [1.29, 1.82) is 0 Å². The number of hydrogen-bond donors (Lipinski definition) is 1. The van der Waals surface area contributed by atoms with Gasteiger partial charge in [-0.15, -0.1) is 11.3 Å². The lowest BCUT2D eigenvalue weighted by molar-refractivity contribution is 0.0946. The number of aryl methyl sites for hydroxylation is 1. The monoisotopic (exact) mass is 302 g/mol. The average molecular weight is 303 g/mol. The molecular weight excluding hydrogens is 295 g/mol. The van der Waals surface area contributed by atoms with Gasteiger partial charge in [0.15, 0.2) is 0 Å². The first kappa shape index (κ1) is 13.1. The van der Waals surface area contributed by atoms with Gasteiger partial charge in [0, 0.05) is 11.9 Å². The van der Waals surface area contributed by atoms with E-state index in [0.717, 1.165) is 4.88 Å². The summed E-state index contributed by atoms with van der Waals surface area (Å²) >= 11 is 13.0. The van der Waals surface area contributed by atoms with Crippen LogP contribution in [0.4, 0.5) is 0 Å². The number of thiophene rings is 1. The first-order valence-corrected chi connectivity index (χ1v) is 6.41. The fourth-order valence-corrected chi connectivity index (χ4v) is 2.46. The van der Waals surface area contributed by atoms with Gasteiger partial charge in [-0.05, 0) is 12.1 Å². The highest BCUT2D eigenvalue weighted by Crippen LogP contribution is 2.19. The Morgan fingerprint density at radius 1 is 1.56 bits per heavy atom. The summed E-state index contributed by atoms with van der Waals surface area (Å²) in [5.74, 6) is -0.418. The molecule has 0 spiro atoms. The van der Waals surface area contributed by atoms with Crippen molar-refractivity contribution in [2.75, 3.05) is 0 Å². The first-order chi connectivity index (χ1) is 8.58. The molecule has 2 aromatic heterocycles. The molecule has 1 amide bonds. The molecule has 5 nitrogen and oxygen atoms in total. The fraction of sp³-hybridized carbons (Fsp3) is 0.100. The smallest absolute Gasteiger partial charge is 0.266 e. The van der Waals surface area contributed by atoms with Crippen molar-refractivity contribution in [3.8, 4) is 0 Å². The van der Waals surface area contributed by atoms with Crippen molar-refractivity contribution >= 4 is 46.7 Å². The van der Waals surface area contributed by atoms with E-state index < -0.39 is 5.91 Å². The number of carbonyl (C=O) groups excluding carboxylic acids is 1. The Morgan fingerprint density at radius 3 is 2.89 bits per heavy atom. The Bertz CT molecular complexity index is 585. The molecule has 2 rings (SSSR count). The highest BCUT2D eigenvalue weighted by Gasteiger charge is 2.14. The maximum absolute atomic E-state index is 11.8. The second-order valence-corrected chi connectivity index (χ2v) is 5.46. The lowest BCUT2D eigenvalue weighted by Crippen LogP contribution is -2.21. The van der Waals surface area contributed by atoms with E-state index in [4.69, 9.17) is 23.2 Å². The molecule has 0 aliphatic rings. The minimum Gasteiger partial charge on any atom is -0.266 e. The van der Waals surface area contributed by atoms with Gasteiger partial charge in [-0.2, -0.15) is 10.2 Å². The average Bonchev–Trinajstić information content (AvgIpc) is 2.86. The molecule has 18 heavy (non-hydrogen) atoms. The molecule has 0 aliphatic carbocycles. The molecule has 0 saturated heterocycles. The highest BCUT2D eigenvalue weighted by molar-refractivity contribution is 7.17. The topological polar surface area (TPSA) is 59.3 Å². The lowest BCUT2D eigenvalue weighted by atomic mass is 10.4. The van der Waals surface area contributed by atoms with E-state index >= 15 is 0 Å². The molecule has 0 saturated carbocycles. The van der Waals surface area contributed by atoms with Crippen LogP contribution >= 0.6 is 34.5 Å². The maximum atomic E-state index is 11.8. The van der Waals surface area contributed by atoms with Crippen LogP contribution in [-0.2, 0) is 7.05 Å². The van der Waals surface area contributed by atoms with Crippen LogP contribution in [0.25, 0.3) is 0 Å². The molecule has 0 unspecified atom stereocenters. The molecule has 0 fully saturated rings. The van der Waals surface area contributed by atoms with Crippen molar-refractivity contribution in [3.05, 3.63) is 38.3 Å². The summed E-state index contributed by atoms with van der Waals surface area (Å²) in [6, 6.07) is 3.56. The van der Waals surface area contributed by atoms with Crippen LogP contribution in [0, 0.1) is 0 Å². The van der Waals surface area contributed by atoms with Crippen molar-refractivity contribution in [2.45, 2.75) is 0 Å². The van der Waals surface area contributed by atoms with Crippen molar-refractivity contribution in [1.82, 2.24) is 15.2 Å². The summed E-state index contributed by atoms with van der Waals surface area (Å²) in [6.45, 7) is 0. The number of amides is 1. The molecule has 0 radical (unpaired) electrons. The van der Waals surface area contributed by atoms with Gasteiger partial charge in [0.1, 0.15) is 5.69 Å². The number of nitrogens with zero attached hydrogens (tertiary/aromatic N) is 3. The highest BCUT2D eigenvalue weighted by atomic mass is 35.5. The van der Waals surface area contributed by atoms with Crippen LogP contribution < -0.4 is 5.43 Å². The zero-order valence-corrected chi connectivity index (χ0v) is 11.6. The van der Waals surface area contributed by atoms with Crippen LogP contribution in [0.15, 0.2) is 23.4 Å². The van der Waals surface area contributed by atoms with Gasteiger partial charge in [-0.3, -0.25) is 9.48 Å². The molecule has 1 N–H and O–H groups in total. The van der Waals surface area contributed by atoms with Gasteiger partial charge < -0.3 is 0 Å². The van der Waals surface area contributed by atoms with Crippen LogP contribution in [0.1, 0.15) is 15.4 Å². The minimum atomic E-state index is -0.418. The van der Waals surface area contributed by atoms with Crippen LogP contribution in [0.5, 0.6) is 0 Å². The van der Waals surface area contributed by atoms with E-state index in [9.17, 15) is 4.79 Å². The molecule has 0 bridgehead atoms. The number of carbonyl (C=O) groups is 1. The Kier molecular flexibility index (Phi) is 4.00. The van der Waals surface area contributed by atoms with Gasteiger partial charge in [-0.1, -0.05) is 23.2 Å². The normalized spacial score (nSPS) is 11.1. The number of halogens is 2. The predicted octanol–water partition coefficient (Wildman–Crippen LogP) is 2.55. The zero-order chi connectivity index (χ0) is 13.1. The predicted molar refractivity (Wildman–Crippen MR) is 72.6 cm³/mol. The number of nitrogens with one attached hydrogen (secondary N) is 1. The third kappa shape index (κ3) is 2.90. The maximum Gasteiger partial charge on any atom is 0.291 e. The summed E-state index contributed by atoms with van der Waals surface area (Å²) in [4.78, 5) is 12.6. The second-order valence-electron chi connectivity index (χ2n) is 3.31. The number of hydrazone groups is 1. The van der Waals surface area contributed by atoms with E-state index in [1.807, 2.05) is 0 Å². The molecule has 8 heteroatoms. The third-order valence-electron chi connectivity index (χ3n) is 2.06. The lowest BCUT2D eigenvalue weighted by Gasteiger charge is -2.00. The second kappa shape index (κ2) is 5.51. The van der Waals surface area contributed by atoms with Gasteiger partial charge >= 0.3 is 0 Å². The quantitative estimate of drug-likeness (QED) is 0.700.